The van der Waals surface area contributed by atoms with Crippen LogP contribution in [-0.4, -0.2) is 12.4 Å². The maximum atomic E-state index is 8.61. The molecule has 1 unspecified atom stereocenters. The van der Waals surface area contributed by atoms with Crippen LogP contribution >= 0.6 is 0 Å². The van der Waals surface area contributed by atoms with Gasteiger partial charge in [-0.05, 0) is 6.92 Å². The van der Waals surface area contributed by atoms with E-state index in [-0.39, 0.29) is 0 Å². The van der Waals surface area contributed by atoms with E-state index in [0.29, 0.717) is 0 Å². The van der Waals surface area contributed by atoms with E-state index in [1.807, 2.05) is 30.3 Å². The molecule has 0 saturated heterocycles. The highest BCUT2D eigenvalue weighted by molar-refractivity contribution is 5.19. The Labute approximate surface area is 71.5 Å². The average Bonchev–Trinajstić information content (AvgIpc) is 2.18. The van der Waals surface area contributed by atoms with Gasteiger partial charge in [-0.15, -0.1) is 0 Å². The lowest BCUT2D eigenvalue weighted by Gasteiger charge is -2.24. The van der Waals surface area contributed by atoms with Crippen molar-refractivity contribution in [3.05, 3.63) is 35.9 Å². The van der Waals surface area contributed by atoms with Gasteiger partial charge in [-0.3, -0.25) is 0 Å². The van der Waals surface area contributed by atoms with Gasteiger partial charge in [0.15, 0.2) is 0 Å². The lowest BCUT2D eigenvalue weighted by atomic mass is 10.1. The van der Waals surface area contributed by atoms with Gasteiger partial charge in [0.2, 0.25) is 5.79 Å². The lowest BCUT2D eigenvalue weighted by molar-refractivity contribution is -0.400. The second-order valence-electron chi connectivity index (χ2n) is 2.61. The Morgan fingerprint density at radius 2 is 1.83 bits per heavy atom. The standard InChI is InChI=1S/C9H12O3/c1-9(11-2,12-10)8-6-4-3-5-7-8/h3-7,10H,1-2H3. The normalized spacial score (nSPS) is 15.6. The van der Waals surface area contributed by atoms with E-state index < -0.39 is 5.79 Å². The first-order valence-electron chi connectivity index (χ1n) is 3.66. The Kier molecular flexibility index (Phi) is 2.81. The monoisotopic (exact) mass is 168 g/mol. The first-order chi connectivity index (χ1) is 5.73. The fourth-order valence-corrected chi connectivity index (χ4v) is 0.949. The Hall–Kier alpha value is -0.900. The summed E-state index contributed by atoms with van der Waals surface area (Å²) in [6.45, 7) is 1.64. The van der Waals surface area contributed by atoms with Crippen LogP contribution in [0.3, 0.4) is 0 Å². The number of ether oxygens (including phenoxy) is 1. The van der Waals surface area contributed by atoms with Gasteiger partial charge < -0.3 is 4.74 Å². The summed E-state index contributed by atoms with van der Waals surface area (Å²) in [5, 5.41) is 8.61. The minimum absolute atomic E-state index is 0.773. The number of hydrogen-bond donors (Lipinski definition) is 1. The van der Waals surface area contributed by atoms with E-state index in [0.717, 1.165) is 5.56 Å². The van der Waals surface area contributed by atoms with Crippen LogP contribution in [0.25, 0.3) is 0 Å². The van der Waals surface area contributed by atoms with Crippen molar-refractivity contribution in [3.63, 3.8) is 0 Å². The highest BCUT2D eigenvalue weighted by Crippen LogP contribution is 2.24. The zero-order valence-electron chi connectivity index (χ0n) is 7.15. The summed E-state index contributed by atoms with van der Waals surface area (Å²) in [7, 11) is 1.48. The van der Waals surface area contributed by atoms with Crippen LogP contribution in [0.4, 0.5) is 0 Å². The van der Waals surface area contributed by atoms with E-state index >= 15 is 0 Å². The summed E-state index contributed by atoms with van der Waals surface area (Å²) < 4.78 is 5.00. The zero-order chi connectivity index (χ0) is 9.03. The molecule has 66 valence electrons. The van der Waals surface area contributed by atoms with Gasteiger partial charge in [0, 0.05) is 12.7 Å². The van der Waals surface area contributed by atoms with Crippen LogP contribution < -0.4 is 0 Å². The van der Waals surface area contributed by atoms with Crippen molar-refractivity contribution in [1.82, 2.24) is 0 Å². The molecule has 0 aliphatic heterocycles. The van der Waals surface area contributed by atoms with Crippen LogP contribution in [0.15, 0.2) is 30.3 Å². The van der Waals surface area contributed by atoms with Crippen LogP contribution in [-0.2, 0) is 15.4 Å². The van der Waals surface area contributed by atoms with Gasteiger partial charge in [0.25, 0.3) is 0 Å². The maximum absolute atomic E-state index is 8.61. The van der Waals surface area contributed by atoms with Crippen molar-refractivity contribution >= 4 is 0 Å². The van der Waals surface area contributed by atoms with Gasteiger partial charge in [-0.1, -0.05) is 30.3 Å². The van der Waals surface area contributed by atoms with Crippen LogP contribution in [0.5, 0.6) is 0 Å². The molecule has 0 aliphatic rings. The van der Waals surface area contributed by atoms with Gasteiger partial charge in [-0.2, -0.15) is 4.89 Å². The third-order valence-electron chi connectivity index (χ3n) is 1.86. The molecule has 1 atom stereocenters. The molecular formula is C9H12O3. The second-order valence-corrected chi connectivity index (χ2v) is 2.61. The van der Waals surface area contributed by atoms with Crippen molar-refractivity contribution in [2.24, 2.45) is 0 Å². The first kappa shape index (κ1) is 9.19. The van der Waals surface area contributed by atoms with Crippen LogP contribution in [0.1, 0.15) is 12.5 Å². The van der Waals surface area contributed by atoms with Gasteiger partial charge >= 0.3 is 0 Å². The highest BCUT2D eigenvalue weighted by Gasteiger charge is 2.26. The molecule has 0 radical (unpaired) electrons. The molecule has 1 aromatic rings. The summed E-state index contributed by atoms with van der Waals surface area (Å²) in [6, 6.07) is 9.23. The van der Waals surface area contributed by atoms with Gasteiger partial charge in [-0.25, -0.2) is 5.26 Å². The van der Waals surface area contributed by atoms with Gasteiger partial charge in [0.05, 0.1) is 0 Å². The fraction of sp³-hybridized carbons (Fsp3) is 0.333. The third-order valence-corrected chi connectivity index (χ3v) is 1.86. The molecule has 1 rings (SSSR count). The molecule has 0 heterocycles. The highest BCUT2D eigenvalue weighted by atomic mass is 17.1. The summed E-state index contributed by atoms with van der Waals surface area (Å²) in [5.41, 5.74) is 0.773. The van der Waals surface area contributed by atoms with Crippen molar-refractivity contribution < 1.29 is 14.9 Å². The quantitative estimate of drug-likeness (QED) is 0.426. The smallest absolute Gasteiger partial charge is 0.224 e. The molecule has 0 amide bonds. The SMILES string of the molecule is COC(C)(OO)c1ccccc1. The number of methoxy groups -OCH3 is 1. The molecule has 0 saturated carbocycles. The summed E-state index contributed by atoms with van der Waals surface area (Å²) >= 11 is 0. The van der Waals surface area contributed by atoms with E-state index in [1.54, 1.807) is 6.92 Å². The Balaban J connectivity index is 2.95. The number of benzene rings is 1. The van der Waals surface area contributed by atoms with E-state index in [2.05, 4.69) is 4.89 Å². The summed E-state index contributed by atoms with van der Waals surface area (Å²) in [5.74, 6) is -1.07. The van der Waals surface area contributed by atoms with Crippen molar-refractivity contribution in [2.75, 3.05) is 7.11 Å². The van der Waals surface area contributed by atoms with Crippen molar-refractivity contribution in [3.8, 4) is 0 Å². The molecule has 0 aromatic heterocycles. The second kappa shape index (κ2) is 3.67. The maximum Gasteiger partial charge on any atom is 0.224 e. The molecular weight excluding hydrogens is 156 g/mol. The summed E-state index contributed by atoms with van der Waals surface area (Å²) in [6.07, 6.45) is 0. The first-order valence-corrected chi connectivity index (χ1v) is 3.66. The molecule has 12 heavy (non-hydrogen) atoms. The minimum Gasteiger partial charge on any atom is -0.347 e. The van der Waals surface area contributed by atoms with Crippen molar-refractivity contribution in [1.29, 1.82) is 0 Å². The largest absolute Gasteiger partial charge is 0.347 e. The topological polar surface area (TPSA) is 38.7 Å². The molecule has 1 aromatic carbocycles. The molecule has 3 nitrogen and oxygen atoms in total. The molecule has 1 N–H and O–H groups in total. The van der Waals surface area contributed by atoms with E-state index in [4.69, 9.17) is 9.99 Å². The Morgan fingerprint density at radius 1 is 1.25 bits per heavy atom. The predicted octanol–water partition coefficient (Wildman–Crippen LogP) is 2.00. The van der Waals surface area contributed by atoms with E-state index in [1.165, 1.54) is 7.11 Å². The van der Waals surface area contributed by atoms with Crippen LogP contribution in [0, 0.1) is 0 Å². The lowest BCUT2D eigenvalue weighted by Crippen LogP contribution is -2.26. The Bertz CT molecular complexity index is 229. The third kappa shape index (κ3) is 1.64. The van der Waals surface area contributed by atoms with Crippen molar-refractivity contribution in [2.45, 2.75) is 12.7 Å². The number of hydrogen-bond acceptors (Lipinski definition) is 3. The predicted molar refractivity (Wildman–Crippen MR) is 44.5 cm³/mol. The minimum atomic E-state index is -1.07. The molecule has 0 spiro atoms. The zero-order valence-corrected chi connectivity index (χ0v) is 7.15. The number of rotatable bonds is 3. The average molecular weight is 168 g/mol. The Morgan fingerprint density at radius 3 is 2.25 bits per heavy atom. The van der Waals surface area contributed by atoms with E-state index in [9.17, 15) is 0 Å². The molecule has 3 heteroatoms. The summed E-state index contributed by atoms with van der Waals surface area (Å²) in [4.78, 5) is 4.25. The fourth-order valence-electron chi connectivity index (χ4n) is 0.949. The van der Waals surface area contributed by atoms with Crippen LogP contribution in [0.2, 0.25) is 0 Å². The molecule has 0 aliphatic carbocycles. The molecule has 0 fully saturated rings. The molecule has 0 bridgehead atoms. The van der Waals surface area contributed by atoms with Gasteiger partial charge in [0.1, 0.15) is 0 Å².